The van der Waals surface area contributed by atoms with E-state index < -0.39 is 0 Å². The predicted molar refractivity (Wildman–Crippen MR) is 111 cm³/mol. The third kappa shape index (κ3) is 4.06. The Balaban J connectivity index is 1.59. The smallest absolute Gasteiger partial charge is 0.264 e. The number of ether oxygens (including phenoxy) is 1. The van der Waals surface area contributed by atoms with Crippen molar-refractivity contribution < 1.29 is 14.3 Å². The Labute approximate surface area is 174 Å². The van der Waals surface area contributed by atoms with E-state index in [9.17, 15) is 9.59 Å². The van der Waals surface area contributed by atoms with E-state index in [0.29, 0.717) is 35.1 Å². The van der Waals surface area contributed by atoms with Gasteiger partial charge in [0.25, 0.3) is 5.91 Å². The normalized spacial score (nSPS) is 16.7. The Morgan fingerprint density at radius 2 is 2.00 bits per heavy atom. The lowest BCUT2D eigenvalue weighted by molar-refractivity contribution is -0.131. The molecule has 2 aliphatic rings. The van der Waals surface area contributed by atoms with Gasteiger partial charge in [0.05, 0.1) is 5.69 Å². The van der Waals surface area contributed by atoms with Crippen molar-refractivity contribution in [1.29, 1.82) is 0 Å². The molecule has 1 fully saturated rings. The minimum absolute atomic E-state index is 0.0718. The molecule has 152 valence electrons. The summed E-state index contributed by atoms with van der Waals surface area (Å²) < 4.78 is 5.86. The van der Waals surface area contributed by atoms with Crippen molar-refractivity contribution in [3.8, 4) is 11.6 Å². The SMILES string of the molecule is CCCN1CCN(C(=O)CN2C(=O)c3cccnc3Oc3ccc(Cl)cc32)CC1. The molecule has 0 atom stereocenters. The van der Waals surface area contributed by atoms with Crippen LogP contribution in [0.1, 0.15) is 23.7 Å². The number of pyridine rings is 1. The lowest BCUT2D eigenvalue weighted by atomic mass is 10.2. The first-order valence-corrected chi connectivity index (χ1v) is 10.2. The first-order chi connectivity index (χ1) is 14.1. The maximum absolute atomic E-state index is 13.3. The molecule has 7 nitrogen and oxygen atoms in total. The number of nitrogens with zero attached hydrogens (tertiary/aromatic N) is 4. The number of carbonyl (C=O) groups is 2. The first-order valence-electron chi connectivity index (χ1n) is 9.81. The van der Waals surface area contributed by atoms with Gasteiger partial charge in [-0.3, -0.25) is 19.4 Å². The van der Waals surface area contributed by atoms with Gasteiger partial charge in [0, 0.05) is 37.4 Å². The summed E-state index contributed by atoms with van der Waals surface area (Å²) in [7, 11) is 0. The summed E-state index contributed by atoms with van der Waals surface area (Å²) in [6.07, 6.45) is 2.67. The fraction of sp³-hybridized carbons (Fsp3) is 0.381. The van der Waals surface area contributed by atoms with Crippen molar-refractivity contribution >= 4 is 29.1 Å². The zero-order valence-electron chi connectivity index (χ0n) is 16.3. The predicted octanol–water partition coefficient (Wildman–Crippen LogP) is 3.04. The Bertz CT molecular complexity index is 928. The highest BCUT2D eigenvalue weighted by atomic mass is 35.5. The highest BCUT2D eigenvalue weighted by Gasteiger charge is 2.32. The average molecular weight is 415 g/mol. The molecule has 1 aromatic carbocycles. The molecule has 0 unspecified atom stereocenters. The van der Waals surface area contributed by atoms with E-state index in [1.807, 2.05) is 4.90 Å². The minimum atomic E-state index is -0.327. The summed E-state index contributed by atoms with van der Waals surface area (Å²) in [5.74, 6) is 0.254. The van der Waals surface area contributed by atoms with Crippen molar-refractivity contribution in [2.24, 2.45) is 0 Å². The number of halogens is 1. The zero-order valence-corrected chi connectivity index (χ0v) is 17.1. The second kappa shape index (κ2) is 8.39. The third-order valence-electron chi connectivity index (χ3n) is 5.22. The molecule has 0 saturated carbocycles. The fourth-order valence-corrected chi connectivity index (χ4v) is 3.88. The van der Waals surface area contributed by atoms with Gasteiger partial charge >= 0.3 is 0 Å². The second-order valence-electron chi connectivity index (χ2n) is 7.18. The maximum Gasteiger partial charge on any atom is 0.264 e. The van der Waals surface area contributed by atoms with Crippen LogP contribution in [0.4, 0.5) is 5.69 Å². The van der Waals surface area contributed by atoms with E-state index in [1.165, 1.54) is 4.90 Å². The molecule has 2 aromatic rings. The summed E-state index contributed by atoms with van der Waals surface area (Å²) in [4.78, 5) is 36.1. The van der Waals surface area contributed by atoms with Gasteiger partial charge in [0.2, 0.25) is 11.8 Å². The molecular weight excluding hydrogens is 392 g/mol. The number of anilines is 1. The molecule has 0 bridgehead atoms. The fourth-order valence-electron chi connectivity index (χ4n) is 3.71. The number of carbonyl (C=O) groups excluding carboxylic acids is 2. The molecule has 0 spiro atoms. The summed E-state index contributed by atoms with van der Waals surface area (Å²) in [6, 6.07) is 8.35. The van der Waals surface area contributed by atoms with Gasteiger partial charge in [0.1, 0.15) is 12.1 Å². The largest absolute Gasteiger partial charge is 0.436 e. The summed E-state index contributed by atoms with van der Waals surface area (Å²) in [5.41, 5.74) is 0.791. The molecule has 2 amide bonds. The number of benzene rings is 1. The van der Waals surface area contributed by atoms with Crippen molar-refractivity contribution in [3.05, 3.63) is 47.1 Å². The molecule has 1 aromatic heterocycles. The lowest BCUT2D eigenvalue weighted by Crippen LogP contribution is -2.51. The van der Waals surface area contributed by atoms with Crippen LogP contribution in [0.15, 0.2) is 36.5 Å². The van der Waals surface area contributed by atoms with Gasteiger partial charge in [0.15, 0.2) is 5.75 Å². The molecule has 0 aliphatic carbocycles. The summed E-state index contributed by atoms with van der Waals surface area (Å²) >= 11 is 6.18. The van der Waals surface area contributed by atoms with Crippen LogP contribution >= 0.6 is 11.6 Å². The van der Waals surface area contributed by atoms with Crippen LogP contribution in [0.5, 0.6) is 11.6 Å². The van der Waals surface area contributed by atoms with Gasteiger partial charge in [-0.2, -0.15) is 0 Å². The van der Waals surface area contributed by atoms with E-state index >= 15 is 0 Å². The molecule has 3 heterocycles. The topological polar surface area (TPSA) is 66.0 Å². The van der Waals surface area contributed by atoms with Gasteiger partial charge in [-0.15, -0.1) is 0 Å². The van der Waals surface area contributed by atoms with Gasteiger partial charge in [-0.05, 0) is 43.3 Å². The van der Waals surface area contributed by atoms with E-state index in [4.69, 9.17) is 16.3 Å². The summed E-state index contributed by atoms with van der Waals surface area (Å²) in [5, 5.41) is 0.463. The molecule has 0 N–H and O–H groups in total. The quantitative estimate of drug-likeness (QED) is 0.769. The number of hydrogen-bond donors (Lipinski definition) is 0. The molecular formula is C21H23ClN4O3. The molecule has 4 rings (SSSR count). The van der Waals surface area contributed by atoms with Gasteiger partial charge < -0.3 is 9.64 Å². The van der Waals surface area contributed by atoms with Crippen LogP contribution in [0.3, 0.4) is 0 Å². The lowest BCUT2D eigenvalue weighted by Gasteiger charge is -2.35. The first kappa shape index (κ1) is 19.7. The summed E-state index contributed by atoms with van der Waals surface area (Å²) in [6.45, 7) is 6.16. The van der Waals surface area contributed by atoms with Crippen LogP contribution in [0.2, 0.25) is 5.02 Å². The highest BCUT2D eigenvalue weighted by molar-refractivity contribution is 6.31. The van der Waals surface area contributed by atoms with Crippen molar-refractivity contribution in [3.63, 3.8) is 0 Å². The van der Waals surface area contributed by atoms with Gasteiger partial charge in [-0.1, -0.05) is 18.5 Å². The average Bonchev–Trinajstić information content (AvgIpc) is 2.84. The molecule has 29 heavy (non-hydrogen) atoms. The zero-order chi connectivity index (χ0) is 20.4. The van der Waals surface area contributed by atoms with Crippen LogP contribution in [0, 0.1) is 0 Å². The second-order valence-corrected chi connectivity index (χ2v) is 7.62. The van der Waals surface area contributed by atoms with Crippen LogP contribution in [-0.2, 0) is 4.79 Å². The Morgan fingerprint density at radius 1 is 1.21 bits per heavy atom. The van der Waals surface area contributed by atoms with E-state index in [2.05, 4.69) is 16.8 Å². The van der Waals surface area contributed by atoms with E-state index in [0.717, 1.165) is 26.1 Å². The number of rotatable bonds is 4. The standard InChI is InChI=1S/C21H23ClN4O3/c1-2-8-24-9-11-25(12-10-24)19(27)14-26-17-13-15(22)5-6-18(17)29-20-16(21(26)28)4-3-7-23-20/h3-7,13H,2,8-12,14H2,1H3. The molecule has 1 saturated heterocycles. The van der Waals surface area contributed by atoms with Crippen molar-refractivity contribution in [2.75, 3.05) is 44.2 Å². The van der Waals surface area contributed by atoms with E-state index in [-0.39, 0.29) is 24.2 Å². The van der Waals surface area contributed by atoms with Crippen LogP contribution in [-0.4, -0.2) is 65.9 Å². The number of aromatic nitrogens is 1. The number of amides is 2. The number of hydrogen-bond acceptors (Lipinski definition) is 5. The molecule has 8 heteroatoms. The van der Waals surface area contributed by atoms with Crippen LogP contribution < -0.4 is 9.64 Å². The maximum atomic E-state index is 13.3. The Morgan fingerprint density at radius 3 is 2.76 bits per heavy atom. The number of piperazine rings is 1. The Hall–Kier alpha value is -2.64. The third-order valence-corrected chi connectivity index (χ3v) is 5.46. The highest BCUT2D eigenvalue weighted by Crippen LogP contribution is 2.39. The Kier molecular flexibility index (Phi) is 5.69. The molecule has 2 aliphatic heterocycles. The van der Waals surface area contributed by atoms with Crippen molar-refractivity contribution in [2.45, 2.75) is 13.3 Å². The minimum Gasteiger partial charge on any atom is -0.436 e. The monoisotopic (exact) mass is 414 g/mol. The van der Waals surface area contributed by atoms with Crippen molar-refractivity contribution in [1.82, 2.24) is 14.8 Å². The van der Waals surface area contributed by atoms with Crippen LogP contribution in [0.25, 0.3) is 0 Å². The molecule has 0 radical (unpaired) electrons. The van der Waals surface area contributed by atoms with E-state index in [1.54, 1.807) is 36.5 Å². The van der Waals surface area contributed by atoms with Gasteiger partial charge in [-0.25, -0.2) is 4.98 Å². The number of fused-ring (bicyclic) bond motifs is 2.